The standard InChI is InChI=1S/C17H25NO/c1-2-3-11-17(12-7-4-8-13-17)18-14-15-9-5-6-10-16(15)19/h5-6,9-10,14,19H,2-4,7-8,11-13H2,1H3. The molecule has 0 radical (unpaired) electrons. The van der Waals surface area contributed by atoms with Crippen LogP contribution in [0.15, 0.2) is 29.3 Å². The first-order valence-electron chi connectivity index (χ1n) is 7.59. The summed E-state index contributed by atoms with van der Waals surface area (Å²) in [6.45, 7) is 2.24. The first-order chi connectivity index (χ1) is 9.26. The molecule has 0 bridgehead atoms. The van der Waals surface area contributed by atoms with Gasteiger partial charge in [0.2, 0.25) is 0 Å². The molecule has 0 unspecified atom stereocenters. The van der Waals surface area contributed by atoms with Crippen LogP contribution < -0.4 is 0 Å². The number of hydrogen-bond donors (Lipinski definition) is 1. The monoisotopic (exact) mass is 259 g/mol. The molecular weight excluding hydrogens is 234 g/mol. The summed E-state index contributed by atoms with van der Waals surface area (Å²) in [6.07, 6.45) is 11.9. The third-order valence-electron chi connectivity index (χ3n) is 4.19. The second-order valence-electron chi connectivity index (χ2n) is 5.71. The average molecular weight is 259 g/mol. The first kappa shape index (κ1) is 14.1. The van der Waals surface area contributed by atoms with E-state index in [4.69, 9.17) is 4.99 Å². The normalized spacial score (nSPS) is 18.8. The first-order valence-corrected chi connectivity index (χ1v) is 7.59. The molecule has 19 heavy (non-hydrogen) atoms. The summed E-state index contributed by atoms with van der Waals surface area (Å²) in [5.74, 6) is 0.327. The molecule has 1 N–H and O–H groups in total. The largest absolute Gasteiger partial charge is 0.507 e. The highest BCUT2D eigenvalue weighted by molar-refractivity contribution is 5.83. The molecular formula is C17H25NO. The molecule has 1 saturated carbocycles. The second kappa shape index (κ2) is 6.74. The molecule has 2 heteroatoms. The van der Waals surface area contributed by atoms with Crippen molar-refractivity contribution in [2.75, 3.05) is 0 Å². The molecule has 1 aliphatic rings. The van der Waals surface area contributed by atoms with E-state index in [-0.39, 0.29) is 5.54 Å². The van der Waals surface area contributed by atoms with Crippen molar-refractivity contribution in [2.45, 2.75) is 63.8 Å². The zero-order chi connectivity index (χ0) is 13.6. The minimum atomic E-state index is 0.135. The second-order valence-corrected chi connectivity index (χ2v) is 5.71. The number of phenolic OH excluding ortho intramolecular Hbond substituents is 1. The van der Waals surface area contributed by atoms with Crippen molar-refractivity contribution in [1.82, 2.24) is 0 Å². The Balaban J connectivity index is 2.13. The molecule has 104 valence electrons. The summed E-state index contributed by atoms with van der Waals surface area (Å²) in [6, 6.07) is 7.44. The lowest BCUT2D eigenvalue weighted by Gasteiger charge is -2.33. The summed E-state index contributed by atoms with van der Waals surface area (Å²) < 4.78 is 0. The summed E-state index contributed by atoms with van der Waals surface area (Å²) in [5.41, 5.74) is 0.972. The van der Waals surface area contributed by atoms with Crippen molar-refractivity contribution in [3.8, 4) is 5.75 Å². The van der Waals surface area contributed by atoms with E-state index in [1.165, 1.54) is 51.4 Å². The minimum absolute atomic E-state index is 0.135. The highest BCUT2D eigenvalue weighted by Gasteiger charge is 2.30. The number of phenols is 1. The number of aliphatic imine (C=N–C) groups is 1. The van der Waals surface area contributed by atoms with Gasteiger partial charge < -0.3 is 5.11 Å². The number of unbranched alkanes of at least 4 members (excludes halogenated alkanes) is 1. The summed E-state index contributed by atoms with van der Waals surface area (Å²) in [7, 11) is 0. The maximum absolute atomic E-state index is 9.81. The zero-order valence-electron chi connectivity index (χ0n) is 11.9. The van der Waals surface area contributed by atoms with Crippen molar-refractivity contribution >= 4 is 6.21 Å². The number of para-hydroxylation sites is 1. The fourth-order valence-corrected chi connectivity index (χ4v) is 2.96. The molecule has 1 fully saturated rings. The molecule has 0 spiro atoms. The Morgan fingerprint density at radius 2 is 1.95 bits per heavy atom. The van der Waals surface area contributed by atoms with Gasteiger partial charge in [-0.2, -0.15) is 0 Å². The van der Waals surface area contributed by atoms with Gasteiger partial charge in [-0.15, -0.1) is 0 Å². The van der Waals surface area contributed by atoms with Gasteiger partial charge in [0.15, 0.2) is 0 Å². The molecule has 1 aromatic rings. The highest BCUT2D eigenvalue weighted by atomic mass is 16.3. The van der Waals surface area contributed by atoms with Gasteiger partial charge in [-0.3, -0.25) is 4.99 Å². The molecule has 1 aromatic carbocycles. The molecule has 2 nitrogen and oxygen atoms in total. The van der Waals surface area contributed by atoms with Crippen LogP contribution in [0, 0.1) is 0 Å². The van der Waals surface area contributed by atoms with Gasteiger partial charge in [-0.25, -0.2) is 0 Å². The molecule has 0 aromatic heterocycles. The van der Waals surface area contributed by atoms with Gasteiger partial charge in [0.25, 0.3) is 0 Å². The lowest BCUT2D eigenvalue weighted by atomic mass is 9.79. The van der Waals surface area contributed by atoms with Crippen LogP contribution in [0.2, 0.25) is 0 Å². The Bertz CT molecular complexity index is 419. The predicted octanol–water partition coefficient (Wildman–Crippen LogP) is 4.70. The van der Waals surface area contributed by atoms with Crippen LogP contribution in [0.4, 0.5) is 0 Å². The predicted molar refractivity (Wildman–Crippen MR) is 81.0 cm³/mol. The number of nitrogens with zero attached hydrogens (tertiary/aromatic N) is 1. The maximum Gasteiger partial charge on any atom is 0.124 e. The van der Waals surface area contributed by atoms with Crippen molar-refractivity contribution in [2.24, 2.45) is 4.99 Å². The van der Waals surface area contributed by atoms with Gasteiger partial charge in [0.05, 0.1) is 5.54 Å². The number of rotatable bonds is 5. The Kier molecular flexibility index (Phi) is 5.00. The van der Waals surface area contributed by atoms with Crippen molar-refractivity contribution < 1.29 is 5.11 Å². The molecule has 0 heterocycles. The van der Waals surface area contributed by atoms with Gasteiger partial charge in [-0.1, -0.05) is 51.2 Å². The van der Waals surface area contributed by atoms with Crippen molar-refractivity contribution in [3.63, 3.8) is 0 Å². The number of aromatic hydroxyl groups is 1. The summed E-state index contributed by atoms with van der Waals surface area (Å²) in [5, 5.41) is 9.81. The summed E-state index contributed by atoms with van der Waals surface area (Å²) >= 11 is 0. The van der Waals surface area contributed by atoms with E-state index in [0.717, 1.165) is 5.56 Å². The topological polar surface area (TPSA) is 32.6 Å². The maximum atomic E-state index is 9.81. The SMILES string of the molecule is CCCCC1(N=Cc2ccccc2O)CCCCC1. The Labute approximate surface area is 116 Å². The van der Waals surface area contributed by atoms with Crippen molar-refractivity contribution in [1.29, 1.82) is 0 Å². The van der Waals surface area contributed by atoms with Gasteiger partial charge in [-0.05, 0) is 31.4 Å². The smallest absolute Gasteiger partial charge is 0.124 e. The zero-order valence-corrected chi connectivity index (χ0v) is 11.9. The molecule has 0 saturated heterocycles. The lowest BCUT2D eigenvalue weighted by molar-refractivity contribution is 0.275. The minimum Gasteiger partial charge on any atom is -0.507 e. The van der Waals surface area contributed by atoms with Gasteiger partial charge >= 0.3 is 0 Å². The Hall–Kier alpha value is -1.31. The van der Waals surface area contributed by atoms with Crippen LogP contribution in [-0.4, -0.2) is 16.9 Å². The van der Waals surface area contributed by atoms with E-state index in [0.29, 0.717) is 5.75 Å². The van der Waals surface area contributed by atoms with Crippen LogP contribution >= 0.6 is 0 Å². The van der Waals surface area contributed by atoms with Crippen LogP contribution in [0.5, 0.6) is 5.75 Å². The van der Waals surface area contributed by atoms with E-state index in [9.17, 15) is 5.11 Å². The van der Waals surface area contributed by atoms with Gasteiger partial charge in [0, 0.05) is 11.8 Å². The van der Waals surface area contributed by atoms with Crippen LogP contribution in [0.25, 0.3) is 0 Å². The molecule has 0 amide bonds. The van der Waals surface area contributed by atoms with Crippen LogP contribution in [0.3, 0.4) is 0 Å². The third-order valence-corrected chi connectivity index (χ3v) is 4.19. The number of hydrogen-bond acceptors (Lipinski definition) is 2. The lowest BCUT2D eigenvalue weighted by Crippen LogP contribution is -2.29. The Morgan fingerprint density at radius 1 is 1.21 bits per heavy atom. The van der Waals surface area contributed by atoms with E-state index in [1.54, 1.807) is 6.07 Å². The average Bonchev–Trinajstić information content (AvgIpc) is 2.46. The quantitative estimate of drug-likeness (QED) is 0.763. The highest BCUT2D eigenvalue weighted by Crippen LogP contribution is 2.36. The fraction of sp³-hybridized carbons (Fsp3) is 0.588. The van der Waals surface area contributed by atoms with Crippen LogP contribution in [0.1, 0.15) is 63.9 Å². The molecule has 0 aliphatic heterocycles. The van der Waals surface area contributed by atoms with Crippen molar-refractivity contribution in [3.05, 3.63) is 29.8 Å². The summed E-state index contributed by atoms with van der Waals surface area (Å²) in [4.78, 5) is 4.90. The fourth-order valence-electron chi connectivity index (χ4n) is 2.96. The van der Waals surface area contributed by atoms with E-state index in [1.807, 2.05) is 24.4 Å². The van der Waals surface area contributed by atoms with Crippen LogP contribution in [-0.2, 0) is 0 Å². The third kappa shape index (κ3) is 3.82. The number of benzene rings is 1. The molecule has 1 aliphatic carbocycles. The Morgan fingerprint density at radius 3 is 2.63 bits per heavy atom. The molecule has 0 atom stereocenters. The van der Waals surface area contributed by atoms with E-state index in [2.05, 4.69) is 6.92 Å². The van der Waals surface area contributed by atoms with E-state index < -0.39 is 0 Å². The van der Waals surface area contributed by atoms with Gasteiger partial charge in [0.1, 0.15) is 5.75 Å². The molecule has 2 rings (SSSR count). The van der Waals surface area contributed by atoms with E-state index >= 15 is 0 Å².